The van der Waals surface area contributed by atoms with E-state index in [1.807, 2.05) is 6.08 Å². The molecule has 0 fully saturated rings. The quantitative estimate of drug-likeness (QED) is 0.669. The molecular weight excluding hydrogens is 172 g/mol. The van der Waals surface area contributed by atoms with Crippen LogP contribution in [0, 0.1) is 11.3 Å². The second kappa shape index (κ2) is 4.29. The van der Waals surface area contributed by atoms with Gasteiger partial charge in [-0.05, 0) is 36.7 Å². The van der Waals surface area contributed by atoms with E-state index in [-0.39, 0.29) is 5.41 Å². The molecule has 0 saturated heterocycles. The van der Waals surface area contributed by atoms with Gasteiger partial charge in [-0.3, -0.25) is 4.79 Å². The van der Waals surface area contributed by atoms with Crippen molar-refractivity contribution in [2.45, 2.75) is 53.4 Å². The second-order valence-electron chi connectivity index (χ2n) is 5.72. The SMILES string of the molecule is CC(C)CCC1=CC(=O)CC(C)(C)C1. The molecular formula is C13H22O. The van der Waals surface area contributed by atoms with Crippen molar-refractivity contribution in [3.05, 3.63) is 11.6 Å². The first-order valence-corrected chi connectivity index (χ1v) is 5.61. The molecule has 1 heteroatoms. The summed E-state index contributed by atoms with van der Waals surface area (Å²) in [5.41, 5.74) is 1.55. The molecule has 0 unspecified atom stereocenters. The third kappa shape index (κ3) is 3.65. The summed E-state index contributed by atoms with van der Waals surface area (Å²) >= 11 is 0. The minimum absolute atomic E-state index is 0.193. The van der Waals surface area contributed by atoms with Crippen LogP contribution in [-0.2, 0) is 4.79 Å². The molecule has 1 aliphatic carbocycles. The number of allylic oxidation sites excluding steroid dienone is 2. The highest BCUT2D eigenvalue weighted by Crippen LogP contribution is 2.35. The molecule has 0 aromatic carbocycles. The van der Waals surface area contributed by atoms with Crippen LogP contribution in [0.4, 0.5) is 0 Å². The van der Waals surface area contributed by atoms with E-state index in [1.165, 1.54) is 12.0 Å². The van der Waals surface area contributed by atoms with Crippen molar-refractivity contribution in [3.63, 3.8) is 0 Å². The summed E-state index contributed by atoms with van der Waals surface area (Å²) in [6.07, 6.45) is 6.01. The molecule has 0 aromatic heterocycles. The molecule has 1 nitrogen and oxygen atoms in total. The molecule has 0 radical (unpaired) electrons. The Labute approximate surface area is 87.6 Å². The van der Waals surface area contributed by atoms with Crippen LogP contribution in [-0.4, -0.2) is 5.78 Å². The van der Waals surface area contributed by atoms with Crippen LogP contribution >= 0.6 is 0 Å². The van der Waals surface area contributed by atoms with Gasteiger partial charge in [0.15, 0.2) is 5.78 Å². The number of carbonyl (C=O) groups excluding carboxylic acids is 1. The van der Waals surface area contributed by atoms with Gasteiger partial charge in [-0.25, -0.2) is 0 Å². The summed E-state index contributed by atoms with van der Waals surface area (Å²) < 4.78 is 0. The molecule has 0 bridgehead atoms. The first-order chi connectivity index (χ1) is 6.39. The van der Waals surface area contributed by atoms with Gasteiger partial charge in [0.2, 0.25) is 0 Å². The Kier molecular flexibility index (Phi) is 3.52. The topological polar surface area (TPSA) is 17.1 Å². The zero-order valence-corrected chi connectivity index (χ0v) is 9.89. The number of hydrogen-bond acceptors (Lipinski definition) is 1. The molecule has 0 aliphatic heterocycles. The number of rotatable bonds is 3. The van der Waals surface area contributed by atoms with Gasteiger partial charge in [-0.15, -0.1) is 0 Å². The van der Waals surface area contributed by atoms with E-state index in [9.17, 15) is 4.79 Å². The van der Waals surface area contributed by atoms with Crippen molar-refractivity contribution in [1.82, 2.24) is 0 Å². The van der Waals surface area contributed by atoms with Crippen molar-refractivity contribution in [3.8, 4) is 0 Å². The molecule has 0 N–H and O–H groups in total. The molecule has 0 spiro atoms. The Morgan fingerprint density at radius 3 is 2.50 bits per heavy atom. The molecule has 0 saturated carbocycles. The highest BCUT2D eigenvalue weighted by Gasteiger charge is 2.26. The average Bonchev–Trinajstić information content (AvgIpc) is 1.96. The van der Waals surface area contributed by atoms with Crippen LogP contribution in [0.5, 0.6) is 0 Å². The summed E-state index contributed by atoms with van der Waals surface area (Å²) in [5.74, 6) is 1.05. The van der Waals surface area contributed by atoms with Crippen LogP contribution in [0.25, 0.3) is 0 Å². The van der Waals surface area contributed by atoms with E-state index >= 15 is 0 Å². The molecule has 0 heterocycles. The van der Waals surface area contributed by atoms with Crippen molar-refractivity contribution < 1.29 is 4.79 Å². The maximum atomic E-state index is 11.5. The minimum atomic E-state index is 0.193. The van der Waals surface area contributed by atoms with Crippen LogP contribution in [0.1, 0.15) is 53.4 Å². The summed E-state index contributed by atoms with van der Waals surface area (Å²) in [5, 5.41) is 0. The number of ketones is 1. The standard InChI is InChI=1S/C13H22O/c1-10(2)5-6-11-7-12(14)9-13(3,4)8-11/h7,10H,5-6,8-9H2,1-4H3. The van der Waals surface area contributed by atoms with Crippen molar-refractivity contribution >= 4 is 5.78 Å². The largest absolute Gasteiger partial charge is 0.295 e. The van der Waals surface area contributed by atoms with Crippen molar-refractivity contribution in [2.75, 3.05) is 0 Å². The molecule has 80 valence electrons. The predicted molar refractivity (Wildman–Crippen MR) is 60.2 cm³/mol. The molecule has 0 atom stereocenters. The van der Waals surface area contributed by atoms with E-state index in [2.05, 4.69) is 27.7 Å². The van der Waals surface area contributed by atoms with Gasteiger partial charge >= 0.3 is 0 Å². The second-order valence-corrected chi connectivity index (χ2v) is 5.72. The smallest absolute Gasteiger partial charge is 0.156 e. The third-order valence-corrected chi connectivity index (χ3v) is 2.77. The fraction of sp³-hybridized carbons (Fsp3) is 0.769. The lowest BCUT2D eigenvalue weighted by Crippen LogP contribution is -2.21. The fourth-order valence-electron chi connectivity index (χ4n) is 2.11. The maximum absolute atomic E-state index is 11.5. The van der Waals surface area contributed by atoms with Gasteiger partial charge in [-0.2, -0.15) is 0 Å². The summed E-state index contributed by atoms with van der Waals surface area (Å²) in [6, 6.07) is 0. The van der Waals surface area contributed by atoms with Crippen LogP contribution in [0.2, 0.25) is 0 Å². The zero-order chi connectivity index (χ0) is 10.8. The van der Waals surface area contributed by atoms with Crippen LogP contribution in [0.15, 0.2) is 11.6 Å². The van der Waals surface area contributed by atoms with E-state index < -0.39 is 0 Å². The van der Waals surface area contributed by atoms with E-state index in [0.717, 1.165) is 25.2 Å². The van der Waals surface area contributed by atoms with E-state index in [1.54, 1.807) is 0 Å². The lowest BCUT2D eigenvalue weighted by atomic mass is 9.75. The van der Waals surface area contributed by atoms with Gasteiger partial charge in [0.1, 0.15) is 0 Å². The first-order valence-electron chi connectivity index (χ1n) is 5.61. The van der Waals surface area contributed by atoms with E-state index in [0.29, 0.717) is 5.78 Å². The van der Waals surface area contributed by atoms with Gasteiger partial charge < -0.3 is 0 Å². The third-order valence-electron chi connectivity index (χ3n) is 2.77. The van der Waals surface area contributed by atoms with Crippen molar-refractivity contribution in [2.24, 2.45) is 11.3 Å². The van der Waals surface area contributed by atoms with Gasteiger partial charge in [-0.1, -0.05) is 33.3 Å². The average molecular weight is 194 g/mol. The first kappa shape index (κ1) is 11.5. The van der Waals surface area contributed by atoms with Crippen LogP contribution in [0.3, 0.4) is 0 Å². The lowest BCUT2D eigenvalue weighted by Gasteiger charge is -2.29. The summed E-state index contributed by atoms with van der Waals surface area (Å²) in [7, 11) is 0. The van der Waals surface area contributed by atoms with Gasteiger partial charge in [0.05, 0.1) is 0 Å². The fourth-order valence-corrected chi connectivity index (χ4v) is 2.11. The normalized spacial score (nSPS) is 21.2. The minimum Gasteiger partial charge on any atom is -0.295 e. The lowest BCUT2D eigenvalue weighted by molar-refractivity contribution is -0.117. The summed E-state index contributed by atoms with van der Waals surface area (Å²) in [6.45, 7) is 8.84. The zero-order valence-electron chi connectivity index (χ0n) is 9.89. The number of hydrogen-bond donors (Lipinski definition) is 0. The Hall–Kier alpha value is -0.590. The monoisotopic (exact) mass is 194 g/mol. The van der Waals surface area contributed by atoms with E-state index in [4.69, 9.17) is 0 Å². The molecule has 1 rings (SSSR count). The Morgan fingerprint density at radius 2 is 2.00 bits per heavy atom. The summed E-state index contributed by atoms with van der Waals surface area (Å²) in [4.78, 5) is 11.5. The molecule has 0 amide bonds. The Balaban J connectivity index is 2.56. The molecule has 1 aliphatic rings. The van der Waals surface area contributed by atoms with Crippen LogP contribution < -0.4 is 0 Å². The Bertz CT molecular complexity index is 246. The molecule has 14 heavy (non-hydrogen) atoms. The highest BCUT2D eigenvalue weighted by atomic mass is 16.1. The highest BCUT2D eigenvalue weighted by molar-refractivity contribution is 5.91. The Morgan fingerprint density at radius 1 is 1.36 bits per heavy atom. The predicted octanol–water partition coefficient (Wildman–Crippen LogP) is 3.74. The van der Waals surface area contributed by atoms with Gasteiger partial charge in [0.25, 0.3) is 0 Å². The maximum Gasteiger partial charge on any atom is 0.156 e. The number of carbonyl (C=O) groups is 1. The van der Waals surface area contributed by atoms with Gasteiger partial charge in [0, 0.05) is 6.42 Å². The van der Waals surface area contributed by atoms with Crippen molar-refractivity contribution in [1.29, 1.82) is 0 Å². The molecule has 0 aromatic rings.